The first kappa shape index (κ1) is 17.1. The Morgan fingerprint density at radius 2 is 1.92 bits per heavy atom. The summed E-state index contributed by atoms with van der Waals surface area (Å²) < 4.78 is 10.8. The van der Waals surface area contributed by atoms with Gasteiger partial charge in [-0.1, -0.05) is 18.2 Å². The Bertz CT molecular complexity index is 768. The van der Waals surface area contributed by atoms with Crippen LogP contribution in [0.4, 0.5) is 11.4 Å². The van der Waals surface area contributed by atoms with E-state index in [4.69, 9.17) is 15.2 Å². The number of methoxy groups -OCH3 is 1. The molecular formula is C20H23N3O2. The van der Waals surface area contributed by atoms with E-state index in [-0.39, 0.29) is 12.0 Å². The summed E-state index contributed by atoms with van der Waals surface area (Å²) in [6.45, 7) is 3.96. The first-order valence-corrected chi connectivity index (χ1v) is 8.47. The van der Waals surface area contributed by atoms with E-state index in [0.717, 1.165) is 34.8 Å². The van der Waals surface area contributed by atoms with Crippen molar-refractivity contribution in [3.05, 3.63) is 53.6 Å². The van der Waals surface area contributed by atoms with Gasteiger partial charge in [-0.05, 0) is 36.2 Å². The Hall–Kier alpha value is -2.71. The number of hydrogen-bond acceptors (Lipinski definition) is 5. The molecule has 3 rings (SSSR count). The van der Waals surface area contributed by atoms with Crippen molar-refractivity contribution in [1.29, 1.82) is 5.26 Å². The lowest BCUT2D eigenvalue weighted by Gasteiger charge is -2.28. The van der Waals surface area contributed by atoms with E-state index in [9.17, 15) is 5.26 Å². The van der Waals surface area contributed by atoms with Crippen LogP contribution in [0, 0.1) is 11.3 Å². The van der Waals surface area contributed by atoms with Crippen LogP contribution in [0.2, 0.25) is 0 Å². The lowest BCUT2D eigenvalue weighted by molar-refractivity contribution is 0.146. The van der Waals surface area contributed by atoms with Gasteiger partial charge in [-0.15, -0.1) is 0 Å². The third kappa shape index (κ3) is 3.26. The number of nitrogens with two attached hydrogens (primary N) is 1. The summed E-state index contributed by atoms with van der Waals surface area (Å²) in [6, 6.07) is 16.2. The largest absolute Gasteiger partial charge is 0.491 e. The normalized spacial score (nSPS) is 18.7. The molecule has 0 spiro atoms. The minimum absolute atomic E-state index is 0.0141. The van der Waals surface area contributed by atoms with Crippen LogP contribution in [0.25, 0.3) is 0 Å². The van der Waals surface area contributed by atoms with Gasteiger partial charge in [-0.2, -0.15) is 5.26 Å². The summed E-state index contributed by atoms with van der Waals surface area (Å²) in [6.07, 6.45) is 0. The van der Waals surface area contributed by atoms with Gasteiger partial charge in [-0.3, -0.25) is 0 Å². The Labute approximate surface area is 148 Å². The van der Waals surface area contributed by atoms with Crippen molar-refractivity contribution < 1.29 is 9.47 Å². The van der Waals surface area contributed by atoms with Crippen molar-refractivity contribution in [3.8, 4) is 11.8 Å². The summed E-state index contributed by atoms with van der Waals surface area (Å²) in [5.41, 5.74) is 9.75. The zero-order chi connectivity index (χ0) is 17.8. The summed E-state index contributed by atoms with van der Waals surface area (Å²) in [5.74, 6) is 0.579. The summed E-state index contributed by atoms with van der Waals surface area (Å²) in [4.78, 5) is 2.26. The van der Waals surface area contributed by atoms with Crippen molar-refractivity contribution in [2.45, 2.75) is 18.9 Å². The van der Waals surface area contributed by atoms with Gasteiger partial charge in [0.2, 0.25) is 0 Å². The van der Waals surface area contributed by atoms with Crippen LogP contribution in [0.1, 0.15) is 30.0 Å². The molecule has 0 aliphatic carbocycles. The molecule has 1 aliphatic rings. The van der Waals surface area contributed by atoms with Crippen molar-refractivity contribution in [2.75, 3.05) is 37.5 Å². The molecule has 2 aromatic carbocycles. The summed E-state index contributed by atoms with van der Waals surface area (Å²) in [7, 11) is 1.65. The van der Waals surface area contributed by atoms with E-state index >= 15 is 0 Å². The molecule has 0 fully saturated rings. The number of nitrogens with zero attached hydrogens (tertiary/aromatic N) is 2. The van der Waals surface area contributed by atoms with Gasteiger partial charge in [0.25, 0.3) is 0 Å². The maximum atomic E-state index is 9.81. The van der Waals surface area contributed by atoms with Gasteiger partial charge in [0.1, 0.15) is 12.4 Å². The van der Waals surface area contributed by atoms with Gasteiger partial charge < -0.3 is 20.1 Å². The first-order chi connectivity index (χ1) is 12.2. The lowest BCUT2D eigenvalue weighted by atomic mass is 9.91. The molecule has 1 heterocycles. The second-order valence-corrected chi connectivity index (χ2v) is 6.07. The fourth-order valence-corrected chi connectivity index (χ4v) is 3.44. The molecule has 0 amide bonds. The van der Waals surface area contributed by atoms with E-state index in [1.165, 1.54) is 0 Å². The van der Waals surface area contributed by atoms with Gasteiger partial charge in [0, 0.05) is 31.1 Å². The van der Waals surface area contributed by atoms with Crippen molar-refractivity contribution in [1.82, 2.24) is 0 Å². The van der Waals surface area contributed by atoms with Crippen LogP contribution in [0.5, 0.6) is 5.75 Å². The highest BCUT2D eigenvalue weighted by atomic mass is 16.5. The number of likely N-dealkylation sites (N-methyl/N-ethyl adjacent to an activating group) is 1. The minimum atomic E-state index is -0.216. The smallest absolute Gasteiger partial charge is 0.121 e. The molecule has 130 valence electrons. The predicted molar refractivity (Wildman–Crippen MR) is 98.8 cm³/mol. The fourth-order valence-electron chi connectivity index (χ4n) is 3.44. The van der Waals surface area contributed by atoms with Crippen molar-refractivity contribution in [3.63, 3.8) is 0 Å². The average molecular weight is 337 g/mol. The number of benzene rings is 2. The molecule has 0 saturated heterocycles. The topological polar surface area (TPSA) is 71.5 Å². The van der Waals surface area contributed by atoms with E-state index in [1.54, 1.807) is 7.11 Å². The molecule has 25 heavy (non-hydrogen) atoms. The molecule has 2 aromatic rings. The molecule has 0 bridgehead atoms. The molecular weight excluding hydrogens is 314 g/mol. The number of ether oxygens (including phenoxy) is 2. The third-order valence-electron chi connectivity index (χ3n) is 4.61. The van der Waals surface area contributed by atoms with Crippen LogP contribution in [0.15, 0.2) is 42.5 Å². The molecule has 2 atom stereocenters. The second kappa shape index (κ2) is 7.45. The van der Waals surface area contributed by atoms with Crippen LogP contribution in [0.3, 0.4) is 0 Å². The van der Waals surface area contributed by atoms with Crippen molar-refractivity contribution in [2.24, 2.45) is 0 Å². The second-order valence-electron chi connectivity index (χ2n) is 6.07. The number of anilines is 2. The molecule has 5 heteroatoms. The number of fused-ring (bicyclic) bond motifs is 1. The molecule has 2 unspecified atom stereocenters. The maximum Gasteiger partial charge on any atom is 0.121 e. The monoisotopic (exact) mass is 337 g/mol. The van der Waals surface area contributed by atoms with Crippen molar-refractivity contribution >= 4 is 11.4 Å². The highest BCUT2D eigenvalue weighted by Gasteiger charge is 2.39. The Morgan fingerprint density at radius 1 is 1.16 bits per heavy atom. The number of rotatable bonds is 6. The number of nitriles is 1. The van der Waals surface area contributed by atoms with Crippen LogP contribution < -0.4 is 15.4 Å². The van der Waals surface area contributed by atoms with Crippen LogP contribution in [-0.4, -0.2) is 26.9 Å². The lowest BCUT2D eigenvalue weighted by Crippen LogP contribution is -2.26. The third-order valence-corrected chi connectivity index (χ3v) is 4.61. The van der Waals surface area contributed by atoms with E-state index < -0.39 is 0 Å². The average Bonchev–Trinajstić information content (AvgIpc) is 2.95. The number of hydrogen-bond donors (Lipinski definition) is 1. The molecule has 5 nitrogen and oxygen atoms in total. The van der Waals surface area contributed by atoms with E-state index in [2.05, 4.69) is 17.9 Å². The highest BCUT2D eigenvalue weighted by Crippen LogP contribution is 2.49. The van der Waals surface area contributed by atoms with Crippen LogP contribution >= 0.6 is 0 Å². The highest BCUT2D eigenvalue weighted by molar-refractivity contribution is 5.67. The first-order valence-electron chi connectivity index (χ1n) is 8.47. The zero-order valence-electron chi connectivity index (χ0n) is 14.6. The number of nitrogen functional groups attached to an aromatic ring is 1. The quantitative estimate of drug-likeness (QED) is 0.645. The fraction of sp³-hybridized carbons (Fsp3) is 0.350. The summed E-state index contributed by atoms with van der Waals surface area (Å²) in [5, 5.41) is 9.81. The maximum absolute atomic E-state index is 9.81. The predicted octanol–water partition coefficient (Wildman–Crippen LogP) is 3.48. The molecule has 0 radical (unpaired) electrons. The van der Waals surface area contributed by atoms with Gasteiger partial charge >= 0.3 is 0 Å². The van der Waals surface area contributed by atoms with Gasteiger partial charge in [-0.25, -0.2) is 0 Å². The van der Waals surface area contributed by atoms with Crippen LogP contribution in [-0.2, 0) is 4.74 Å². The Morgan fingerprint density at radius 3 is 2.56 bits per heavy atom. The Balaban J connectivity index is 1.96. The van der Waals surface area contributed by atoms with E-state index in [0.29, 0.717) is 13.2 Å². The minimum Gasteiger partial charge on any atom is -0.491 e. The summed E-state index contributed by atoms with van der Waals surface area (Å²) >= 11 is 0. The molecule has 1 aliphatic heterocycles. The zero-order valence-corrected chi connectivity index (χ0v) is 14.6. The van der Waals surface area contributed by atoms with Gasteiger partial charge in [0.15, 0.2) is 0 Å². The molecule has 2 N–H and O–H groups in total. The molecule has 0 saturated carbocycles. The van der Waals surface area contributed by atoms with Gasteiger partial charge in [0.05, 0.1) is 24.6 Å². The molecule has 0 aromatic heterocycles. The SMILES string of the molecule is CCN1c2cc(OCCOC)ccc2C(C#N)C1c1ccc(N)cc1. The Kier molecular flexibility index (Phi) is 5.11. The van der Waals surface area contributed by atoms with E-state index in [1.807, 2.05) is 42.5 Å². The standard InChI is InChI=1S/C20H23N3O2/c1-3-23-19-12-16(25-11-10-24-2)8-9-17(19)18(13-21)20(23)14-4-6-15(22)7-5-14/h4-9,12,18,20H,3,10-11,22H2,1-2H3.